The van der Waals surface area contributed by atoms with Gasteiger partial charge in [0.25, 0.3) is 0 Å². The molecule has 152 valence electrons. The van der Waals surface area contributed by atoms with E-state index in [0.29, 0.717) is 5.92 Å². The van der Waals surface area contributed by atoms with Gasteiger partial charge in [-0.3, -0.25) is 9.89 Å². The van der Waals surface area contributed by atoms with E-state index in [9.17, 15) is 0 Å². The molecule has 2 heterocycles. The van der Waals surface area contributed by atoms with E-state index in [0.717, 1.165) is 77.4 Å². The summed E-state index contributed by atoms with van der Waals surface area (Å²) in [4.78, 5) is 17.6. The van der Waals surface area contributed by atoms with Crippen LogP contribution in [0.4, 0.5) is 5.95 Å². The largest absolute Gasteiger partial charge is 0.381 e. The third-order valence-corrected chi connectivity index (χ3v) is 4.36. The van der Waals surface area contributed by atoms with Crippen molar-refractivity contribution >= 4 is 11.9 Å². The van der Waals surface area contributed by atoms with Crippen LogP contribution in [0.3, 0.4) is 0 Å². The van der Waals surface area contributed by atoms with E-state index in [1.165, 1.54) is 0 Å². The third-order valence-electron chi connectivity index (χ3n) is 4.36. The average molecular weight is 378 g/mol. The van der Waals surface area contributed by atoms with Crippen molar-refractivity contribution in [3.63, 3.8) is 0 Å². The van der Waals surface area contributed by atoms with Gasteiger partial charge in [0, 0.05) is 78.5 Å². The van der Waals surface area contributed by atoms with Crippen LogP contribution in [0.2, 0.25) is 0 Å². The molecule has 0 radical (unpaired) electrons. The van der Waals surface area contributed by atoms with Crippen molar-refractivity contribution in [1.82, 2.24) is 25.5 Å². The number of ether oxygens (including phenoxy) is 1. The number of hydrogen-bond acceptors (Lipinski definition) is 6. The fourth-order valence-electron chi connectivity index (χ4n) is 2.88. The number of aliphatic imine (C=N–C) groups is 1. The molecule has 0 atom stereocenters. The average Bonchev–Trinajstić information content (AvgIpc) is 2.70. The molecule has 1 aromatic heterocycles. The maximum Gasteiger partial charge on any atom is 0.225 e. The molecule has 8 nitrogen and oxygen atoms in total. The van der Waals surface area contributed by atoms with Crippen molar-refractivity contribution in [2.45, 2.75) is 20.3 Å². The lowest BCUT2D eigenvalue weighted by Crippen LogP contribution is -2.49. The molecule has 1 aliphatic heterocycles. The lowest BCUT2D eigenvalue weighted by molar-refractivity contribution is 0.108. The second-order valence-corrected chi connectivity index (χ2v) is 7.13. The van der Waals surface area contributed by atoms with Crippen LogP contribution < -0.4 is 15.5 Å². The minimum absolute atomic E-state index is 0.592. The first-order chi connectivity index (χ1) is 13.2. The SMILES string of the molecule is CN=C(NCCCOCC(C)C)NCCN1CCN(c2ncccn2)CC1. The van der Waals surface area contributed by atoms with Crippen LogP contribution in [0.15, 0.2) is 23.5 Å². The fraction of sp³-hybridized carbons (Fsp3) is 0.737. The van der Waals surface area contributed by atoms with Crippen LogP contribution >= 0.6 is 0 Å². The Labute approximate surface area is 163 Å². The first-order valence-electron chi connectivity index (χ1n) is 9.95. The van der Waals surface area contributed by atoms with Gasteiger partial charge in [0.2, 0.25) is 5.95 Å². The van der Waals surface area contributed by atoms with E-state index in [2.05, 4.69) is 49.2 Å². The van der Waals surface area contributed by atoms with Crippen LogP contribution in [0.1, 0.15) is 20.3 Å². The van der Waals surface area contributed by atoms with Crippen molar-refractivity contribution in [2.24, 2.45) is 10.9 Å². The maximum atomic E-state index is 5.59. The molecule has 27 heavy (non-hydrogen) atoms. The molecule has 0 unspecified atom stereocenters. The van der Waals surface area contributed by atoms with Crippen molar-refractivity contribution in [2.75, 3.05) is 71.0 Å². The van der Waals surface area contributed by atoms with Crippen LogP contribution in [-0.2, 0) is 4.74 Å². The van der Waals surface area contributed by atoms with E-state index in [1.807, 2.05) is 13.1 Å². The number of hydrogen-bond donors (Lipinski definition) is 2. The van der Waals surface area contributed by atoms with Gasteiger partial charge in [0.05, 0.1) is 0 Å². The number of nitrogens with one attached hydrogen (secondary N) is 2. The topological polar surface area (TPSA) is 77.9 Å². The van der Waals surface area contributed by atoms with Gasteiger partial charge >= 0.3 is 0 Å². The number of guanidine groups is 1. The van der Waals surface area contributed by atoms with Gasteiger partial charge in [0.1, 0.15) is 0 Å². The zero-order chi connectivity index (χ0) is 19.3. The predicted molar refractivity (Wildman–Crippen MR) is 110 cm³/mol. The molecule has 1 fully saturated rings. The first-order valence-corrected chi connectivity index (χ1v) is 9.95. The van der Waals surface area contributed by atoms with Gasteiger partial charge in [-0.15, -0.1) is 0 Å². The smallest absolute Gasteiger partial charge is 0.225 e. The summed E-state index contributed by atoms with van der Waals surface area (Å²) in [6.07, 6.45) is 4.58. The third kappa shape index (κ3) is 8.53. The molecular weight excluding hydrogens is 342 g/mol. The minimum atomic E-state index is 0.592. The van der Waals surface area contributed by atoms with Crippen molar-refractivity contribution in [1.29, 1.82) is 0 Å². The summed E-state index contributed by atoms with van der Waals surface area (Å²) in [5.74, 6) is 2.28. The molecule has 2 N–H and O–H groups in total. The Morgan fingerprint density at radius 1 is 1.15 bits per heavy atom. The summed E-state index contributed by atoms with van der Waals surface area (Å²) < 4.78 is 5.59. The van der Waals surface area contributed by atoms with Crippen LogP contribution in [-0.4, -0.2) is 86.9 Å². The van der Waals surface area contributed by atoms with Gasteiger partial charge in [-0.1, -0.05) is 13.8 Å². The Morgan fingerprint density at radius 3 is 2.52 bits per heavy atom. The van der Waals surface area contributed by atoms with E-state index >= 15 is 0 Å². The Balaban J connectivity index is 1.53. The van der Waals surface area contributed by atoms with Gasteiger partial charge in [-0.2, -0.15) is 0 Å². The highest BCUT2D eigenvalue weighted by molar-refractivity contribution is 5.79. The van der Waals surface area contributed by atoms with E-state index in [1.54, 1.807) is 12.4 Å². The molecule has 1 saturated heterocycles. The lowest BCUT2D eigenvalue weighted by Gasteiger charge is -2.34. The molecule has 1 aromatic rings. The summed E-state index contributed by atoms with van der Waals surface area (Å²) in [5.41, 5.74) is 0. The number of aromatic nitrogens is 2. The van der Waals surface area contributed by atoms with Crippen LogP contribution in [0.5, 0.6) is 0 Å². The fourth-order valence-corrected chi connectivity index (χ4v) is 2.88. The monoisotopic (exact) mass is 377 g/mol. The Morgan fingerprint density at radius 2 is 1.85 bits per heavy atom. The van der Waals surface area contributed by atoms with Crippen molar-refractivity contribution in [3.05, 3.63) is 18.5 Å². The normalized spacial score (nSPS) is 16.0. The van der Waals surface area contributed by atoms with Gasteiger partial charge in [0.15, 0.2) is 5.96 Å². The maximum absolute atomic E-state index is 5.59. The molecule has 8 heteroatoms. The second-order valence-electron chi connectivity index (χ2n) is 7.13. The van der Waals surface area contributed by atoms with Gasteiger partial charge in [-0.25, -0.2) is 9.97 Å². The zero-order valence-corrected chi connectivity index (χ0v) is 17.0. The molecule has 0 amide bonds. The Hall–Kier alpha value is -1.93. The quantitative estimate of drug-likeness (QED) is 0.355. The number of anilines is 1. The van der Waals surface area contributed by atoms with Gasteiger partial charge in [-0.05, 0) is 18.4 Å². The summed E-state index contributed by atoms with van der Waals surface area (Å²) >= 11 is 0. The minimum Gasteiger partial charge on any atom is -0.381 e. The molecule has 0 spiro atoms. The van der Waals surface area contributed by atoms with Crippen molar-refractivity contribution in [3.8, 4) is 0 Å². The highest BCUT2D eigenvalue weighted by Gasteiger charge is 2.18. The Bertz CT molecular complexity index is 530. The molecular formula is C19H35N7O. The highest BCUT2D eigenvalue weighted by Crippen LogP contribution is 2.08. The first kappa shape index (κ1) is 21.4. The number of rotatable bonds is 10. The summed E-state index contributed by atoms with van der Waals surface area (Å²) in [6, 6.07) is 1.85. The lowest BCUT2D eigenvalue weighted by atomic mass is 10.2. The van der Waals surface area contributed by atoms with Gasteiger partial charge < -0.3 is 20.3 Å². The standard InChI is InChI=1S/C19H35N7O/c1-17(2)16-27-15-5-8-21-18(20-3)22-9-10-25-11-13-26(14-12-25)19-23-6-4-7-24-19/h4,6-7,17H,5,8-16H2,1-3H3,(H2,20,21,22). The predicted octanol–water partition coefficient (Wildman–Crippen LogP) is 0.826. The van der Waals surface area contributed by atoms with E-state index in [-0.39, 0.29) is 0 Å². The summed E-state index contributed by atoms with van der Waals surface area (Å²) in [5, 5.41) is 6.73. The van der Waals surface area contributed by atoms with E-state index < -0.39 is 0 Å². The summed E-state index contributed by atoms with van der Waals surface area (Å²) in [6.45, 7) is 12.7. The molecule has 0 saturated carbocycles. The molecule has 0 aromatic carbocycles. The molecule has 1 aliphatic rings. The van der Waals surface area contributed by atoms with E-state index in [4.69, 9.17) is 4.74 Å². The van der Waals surface area contributed by atoms with Crippen LogP contribution in [0, 0.1) is 5.92 Å². The van der Waals surface area contributed by atoms with Crippen LogP contribution in [0.25, 0.3) is 0 Å². The highest BCUT2D eigenvalue weighted by atomic mass is 16.5. The molecule has 0 bridgehead atoms. The zero-order valence-electron chi connectivity index (χ0n) is 17.0. The Kier molecular flexibility index (Phi) is 9.86. The molecule has 0 aliphatic carbocycles. The number of nitrogens with zero attached hydrogens (tertiary/aromatic N) is 5. The summed E-state index contributed by atoms with van der Waals surface area (Å²) in [7, 11) is 1.81. The molecule has 2 rings (SSSR count). The van der Waals surface area contributed by atoms with Crippen molar-refractivity contribution < 1.29 is 4.74 Å². The number of piperazine rings is 1. The second kappa shape index (κ2) is 12.5.